The summed E-state index contributed by atoms with van der Waals surface area (Å²) in [5, 5.41) is 28.3. The third-order valence-electron chi connectivity index (χ3n) is 13.5. The van der Waals surface area contributed by atoms with E-state index in [1.165, 1.54) is 39.8 Å². The summed E-state index contributed by atoms with van der Waals surface area (Å²) in [5.41, 5.74) is -8.08. The van der Waals surface area contributed by atoms with Crippen molar-refractivity contribution in [3.63, 3.8) is 0 Å². The van der Waals surface area contributed by atoms with Gasteiger partial charge in [0, 0.05) is 38.0 Å². The van der Waals surface area contributed by atoms with Crippen LogP contribution in [0.15, 0.2) is 71.8 Å². The van der Waals surface area contributed by atoms with Crippen molar-refractivity contribution >= 4 is 76.5 Å². The Hall–Kier alpha value is -4.78. The molecule has 1 heterocycles. The van der Waals surface area contributed by atoms with E-state index in [0.29, 0.717) is 5.56 Å². The van der Waals surface area contributed by atoms with Crippen molar-refractivity contribution in [3.8, 4) is 0 Å². The largest absolute Gasteiger partial charge is 0.508 e. The van der Waals surface area contributed by atoms with E-state index in [1.807, 2.05) is 0 Å². The van der Waals surface area contributed by atoms with Crippen LogP contribution in [0.2, 0.25) is 0 Å². The number of benzene rings is 2. The molecule has 0 radical (unpaired) electrons. The minimum absolute atomic E-state index is 0.00267. The number of rotatable bonds is 12. The summed E-state index contributed by atoms with van der Waals surface area (Å²) in [6.45, 7) is 10.0. The van der Waals surface area contributed by atoms with Crippen molar-refractivity contribution in [2.24, 2.45) is 22.7 Å². The summed E-state index contributed by atoms with van der Waals surface area (Å²) in [6, 6.07) is 14.5. The van der Waals surface area contributed by atoms with Crippen molar-refractivity contribution in [1.29, 1.82) is 0 Å². The molecule has 3 N–H and O–H groups in total. The van der Waals surface area contributed by atoms with Gasteiger partial charge in [-0.15, -0.1) is 0 Å². The van der Waals surface area contributed by atoms with E-state index in [-0.39, 0.29) is 23.1 Å². The molecular weight excluding hydrogens is 941 g/mol. The Morgan fingerprint density at radius 1 is 0.896 bits per heavy atom. The molecule has 3 fully saturated rings. The molecule has 6 rings (SSSR count). The highest BCUT2D eigenvalue weighted by Gasteiger charge is 2.79. The van der Waals surface area contributed by atoms with E-state index >= 15 is 4.79 Å². The van der Waals surface area contributed by atoms with Crippen LogP contribution in [-0.4, -0.2) is 117 Å². The number of carbonyl (C=O) groups is 7. The molecule has 2 aromatic rings. The van der Waals surface area contributed by atoms with Gasteiger partial charge in [0.2, 0.25) is 9.70 Å². The lowest BCUT2D eigenvalue weighted by Gasteiger charge is -2.67. The lowest BCUT2D eigenvalue weighted by atomic mass is 9.44. The first-order valence-electron chi connectivity index (χ1n) is 21.6. The molecule has 3 aliphatic carbocycles. The number of esters is 4. The number of hydrogen-bond acceptors (Lipinski definition) is 16. The van der Waals surface area contributed by atoms with Gasteiger partial charge in [0.15, 0.2) is 23.6 Å². The van der Waals surface area contributed by atoms with Crippen LogP contribution in [0.1, 0.15) is 90.2 Å². The molecule has 20 heteroatoms. The van der Waals surface area contributed by atoms with Gasteiger partial charge in [-0.05, 0) is 42.7 Å². The molecule has 11 atom stereocenters. The highest BCUT2D eigenvalue weighted by atomic mass is 35.6. The van der Waals surface area contributed by atoms with Gasteiger partial charge in [-0.25, -0.2) is 14.4 Å². The number of alkyl halides is 3. The molecular formula is C47H54Cl3NO16. The third-order valence-corrected chi connectivity index (χ3v) is 13.9. The summed E-state index contributed by atoms with van der Waals surface area (Å²) in [7, 11) is 0. The molecule has 1 aliphatic heterocycles. The first-order chi connectivity index (χ1) is 31.2. The van der Waals surface area contributed by atoms with E-state index in [4.69, 9.17) is 68.0 Å². The molecule has 2 bridgehead atoms. The number of carbonyl (C=O) groups excluding carboxylic acids is 7. The van der Waals surface area contributed by atoms with Gasteiger partial charge in [0.1, 0.15) is 36.6 Å². The SMILES string of the molecule is CC(=O)OC1C(=O)[C@]2(C)C(OC(=O)OCC(Cl)(Cl)Cl)CC3OC[C@@]3(OC(C)=O)C2C(OC(=O)c2ccccc2)C2(O)CC(OC(=O)C(O)C(NC(=O)C(C)C)c3ccccc3)C(C)=C1C2(C)C. The molecule has 4 aliphatic rings. The van der Waals surface area contributed by atoms with Gasteiger partial charge < -0.3 is 48.7 Å². The maximum atomic E-state index is 16.0. The quantitative estimate of drug-likeness (QED) is 0.101. The Balaban J connectivity index is 1.59. The minimum atomic E-state index is -2.51. The zero-order chi connectivity index (χ0) is 49.6. The molecule has 1 amide bonds. The Labute approximate surface area is 402 Å². The monoisotopic (exact) mass is 993 g/mol. The lowest BCUT2D eigenvalue weighted by molar-refractivity contribution is -0.346. The van der Waals surface area contributed by atoms with Crippen molar-refractivity contribution in [2.45, 2.75) is 126 Å². The van der Waals surface area contributed by atoms with Crippen LogP contribution in [0.3, 0.4) is 0 Å². The van der Waals surface area contributed by atoms with Gasteiger partial charge in [0.05, 0.1) is 29.5 Å². The van der Waals surface area contributed by atoms with E-state index < -0.39 is 142 Å². The predicted molar refractivity (Wildman–Crippen MR) is 237 cm³/mol. The summed E-state index contributed by atoms with van der Waals surface area (Å²) in [5.74, 6) is -7.83. The number of Topliss-reactive ketones (excluding diaryl/α,β-unsaturated/α-hetero) is 1. The fourth-order valence-corrected chi connectivity index (χ4v) is 10.3. The smallest absolute Gasteiger partial charge is 0.456 e. The van der Waals surface area contributed by atoms with E-state index in [9.17, 15) is 39.0 Å². The number of ketones is 1. The van der Waals surface area contributed by atoms with Crippen molar-refractivity contribution in [3.05, 3.63) is 82.9 Å². The minimum Gasteiger partial charge on any atom is -0.456 e. The number of aliphatic hydroxyl groups is 2. The van der Waals surface area contributed by atoms with Crippen molar-refractivity contribution < 1.29 is 76.9 Å². The maximum Gasteiger partial charge on any atom is 0.508 e. The van der Waals surface area contributed by atoms with Crippen LogP contribution in [0.4, 0.5) is 4.79 Å². The standard InChI is InChI=1S/C47H54Cl3NO16/c1-23(2)39(56)51-33(27-15-11-9-12-16-27)34(54)41(58)64-29-20-46(60)38(66-40(57)28-17-13-10-14-18-28)36-44(8,37(55)35(63-25(4)52)32(24(29)3)43(46,6)7)30(65-42(59)62-22-47(48,49)50)19-31-45(36,21-61-31)67-26(5)53/h9-18,23,29-31,33-36,38,54,60H,19-22H2,1-8H3,(H,51,56)/t29?,30?,31?,33?,34?,35?,36?,38?,44-,45+,46?/m1/s1. The number of hydrogen-bond donors (Lipinski definition) is 3. The number of amides is 1. The van der Waals surface area contributed by atoms with Gasteiger partial charge in [-0.2, -0.15) is 0 Å². The Kier molecular flexibility index (Phi) is 14.9. The molecule has 2 saturated carbocycles. The van der Waals surface area contributed by atoms with Gasteiger partial charge in [-0.3, -0.25) is 19.2 Å². The third kappa shape index (κ3) is 9.77. The molecule has 9 unspecified atom stereocenters. The highest BCUT2D eigenvalue weighted by molar-refractivity contribution is 6.67. The highest BCUT2D eigenvalue weighted by Crippen LogP contribution is 2.65. The van der Waals surface area contributed by atoms with Gasteiger partial charge >= 0.3 is 30.0 Å². The number of halogens is 3. The van der Waals surface area contributed by atoms with Gasteiger partial charge in [-0.1, -0.05) is 111 Å². The zero-order valence-electron chi connectivity index (χ0n) is 38.0. The topological polar surface area (TPSA) is 237 Å². The van der Waals surface area contributed by atoms with Crippen molar-refractivity contribution in [1.82, 2.24) is 5.32 Å². The predicted octanol–water partition coefficient (Wildman–Crippen LogP) is 5.61. The van der Waals surface area contributed by atoms with Gasteiger partial charge in [0.25, 0.3) is 0 Å². The van der Waals surface area contributed by atoms with Crippen LogP contribution in [0.25, 0.3) is 0 Å². The average molecular weight is 995 g/mol. The van der Waals surface area contributed by atoms with Crippen LogP contribution >= 0.6 is 34.8 Å². The Bertz CT molecular complexity index is 2300. The average Bonchev–Trinajstić information content (AvgIpc) is 3.25. The second-order valence-electron chi connectivity index (χ2n) is 18.4. The van der Waals surface area contributed by atoms with Crippen molar-refractivity contribution in [2.75, 3.05) is 13.2 Å². The number of nitrogens with one attached hydrogen (secondary N) is 1. The zero-order valence-corrected chi connectivity index (χ0v) is 40.3. The second kappa shape index (κ2) is 19.3. The molecule has 0 aromatic heterocycles. The number of fused-ring (bicyclic) bond motifs is 5. The van der Waals surface area contributed by atoms with Crippen LogP contribution in [-0.2, 0) is 57.1 Å². The van der Waals surface area contributed by atoms with Crippen LogP contribution < -0.4 is 5.32 Å². The fourth-order valence-electron chi connectivity index (χ4n) is 10.1. The molecule has 364 valence electrons. The molecule has 0 spiro atoms. The first-order valence-corrected chi connectivity index (χ1v) is 22.7. The molecule has 67 heavy (non-hydrogen) atoms. The summed E-state index contributed by atoms with van der Waals surface area (Å²) >= 11 is 17.6. The molecule has 1 saturated heterocycles. The number of aliphatic hydroxyl groups excluding tert-OH is 1. The number of ether oxygens (including phenoxy) is 7. The maximum absolute atomic E-state index is 16.0. The van der Waals surface area contributed by atoms with Crippen LogP contribution in [0.5, 0.6) is 0 Å². The normalized spacial score (nSPS) is 30.6. The van der Waals surface area contributed by atoms with E-state index in [1.54, 1.807) is 62.4 Å². The Morgan fingerprint density at radius 2 is 1.51 bits per heavy atom. The summed E-state index contributed by atoms with van der Waals surface area (Å²) in [6.07, 6.45) is -12.7. The fraction of sp³-hybridized carbons (Fsp3) is 0.553. The lowest BCUT2D eigenvalue weighted by Crippen LogP contribution is -2.82. The van der Waals surface area contributed by atoms with Crippen LogP contribution in [0, 0.1) is 22.7 Å². The molecule has 2 aromatic carbocycles. The van der Waals surface area contributed by atoms with E-state index in [2.05, 4.69) is 5.32 Å². The Morgan fingerprint density at radius 3 is 2.04 bits per heavy atom. The summed E-state index contributed by atoms with van der Waals surface area (Å²) < 4.78 is 39.5. The second-order valence-corrected chi connectivity index (χ2v) is 20.9. The van der Waals surface area contributed by atoms with E-state index in [0.717, 1.165) is 13.8 Å². The summed E-state index contributed by atoms with van der Waals surface area (Å²) in [4.78, 5) is 97.7. The molecule has 17 nitrogen and oxygen atoms in total. The first kappa shape index (κ1) is 51.6.